The van der Waals surface area contributed by atoms with Gasteiger partial charge in [0.1, 0.15) is 11.9 Å². The van der Waals surface area contributed by atoms with Crippen LogP contribution in [0.3, 0.4) is 0 Å². The summed E-state index contributed by atoms with van der Waals surface area (Å²) in [5.74, 6) is -0.151. The highest BCUT2D eigenvalue weighted by Crippen LogP contribution is 2.38. The average Bonchev–Trinajstić information content (AvgIpc) is 2.71. The third kappa shape index (κ3) is 5.12. The van der Waals surface area contributed by atoms with Crippen molar-refractivity contribution >= 4 is 11.8 Å². The highest BCUT2D eigenvalue weighted by molar-refractivity contribution is 5.98. The van der Waals surface area contributed by atoms with Crippen molar-refractivity contribution < 1.29 is 28.2 Å². The lowest BCUT2D eigenvalue weighted by molar-refractivity contribution is -0.122. The first-order valence-corrected chi connectivity index (χ1v) is 8.52. The van der Waals surface area contributed by atoms with Gasteiger partial charge in [0.15, 0.2) is 11.5 Å². The summed E-state index contributed by atoms with van der Waals surface area (Å²) in [6.07, 6.45) is 0. The van der Waals surface area contributed by atoms with E-state index < -0.39 is 11.9 Å². The highest BCUT2D eigenvalue weighted by atomic mass is 19.1. The van der Waals surface area contributed by atoms with E-state index in [2.05, 4.69) is 10.6 Å². The van der Waals surface area contributed by atoms with E-state index in [0.29, 0.717) is 17.2 Å². The third-order valence-corrected chi connectivity index (χ3v) is 4.05. The molecule has 28 heavy (non-hydrogen) atoms. The van der Waals surface area contributed by atoms with Gasteiger partial charge in [-0.15, -0.1) is 0 Å². The minimum absolute atomic E-state index is 0.226. The zero-order chi connectivity index (χ0) is 20.7. The number of hydrogen-bond donors (Lipinski definition) is 2. The Bertz CT molecular complexity index is 814. The summed E-state index contributed by atoms with van der Waals surface area (Å²) in [6.45, 7) is 1.79. The van der Waals surface area contributed by atoms with E-state index in [1.807, 2.05) is 0 Å². The summed E-state index contributed by atoms with van der Waals surface area (Å²) in [5.41, 5.74) is 1.01. The van der Waals surface area contributed by atoms with Crippen molar-refractivity contribution in [3.8, 4) is 17.2 Å². The van der Waals surface area contributed by atoms with Gasteiger partial charge in [0, 0.05) is 12.1 Å². The molecule has 0 aliphatic rings. The molecule has 0 fully saturated rings. The van der Waals surface area contributed by atoms with Crippen molar-refractivity contribution in [2.45, 2.75) is 19.5 Å². The number of rotatable bonds is 8. The van der Waals surface area contributed by atoms with Crippen molar-refractivity contribution in [1.29, 1.82) is 0 Å². The number of hydrogen-bond acceptors (Lipinski definition) is 5. The van der Waals surface area contributed by atoms with E-state index in [1.54, 1.807) is 19.1 Å². The summed E-state index contributed by atoms with van der Waals surface area (Å²) < 4.78 is 28.6. The van der Waals surface area contributed by atoms with Gasteiger partial charge >= 0.3 is 0 Å². The Balaban J connectivity index is 2.02. The lowest BCUT2D eigenvalue weighted by Crippen LogP contribution is -2.44. The average molecular weight is 390 g/mol. The van der Waals surface area contributed by atoms with Crippen molar-refractivity contribution in [3.63, 3.8) is 0 Å². The fraction of sp³-hybridized carbons (Fsp3) is 0.300. The predicted molar refractivity (Wildman–Crippen MR) is 101 cm³/mol. The van der Waals surface area contributed by atoms with Gasteiger partial charge in [-0.05, 0) is 36.8 Å². The molecular formula is C20H23FN2O5. The molecule has 2 aromatic carbocycles. The molecular weight excluding hydrogens is 367 g/mol. The van der Waals surface area contributed by atoms with E-state index in [1.165, 1.54) is 45.6 Å². The predicted octanol–water partition coefficient (Wildman–Crippen LogP) is 2.29. The molecule has 0 bridgehead atoms. The first-order chi connectivity index (χ1) is 13.4. The van der Waals surface area contributed by atoms with Gasteiger partial charge in [0.25, 0.3) is 5.91 Å². The van der Waals surface area contributed by atoms with Crippen molar-refractivity contribution in [1.82, 2.24) is 10.6 Å². The van der Waals surface area contributed by atoms with E-state index in [-0.39, 0.29) is 23.8 Å². The zero-order valence-electron chi connectivity index (χ0n) is 16.2. The molecule has 0 spiro atoms. The van der Waals surface area contributed by atoms with E-state index >= 15 is 0 Å². The summed E-state index contributed by atoms with van der Waals surface area (Å²) in [4.78, 5) is 24.7. The van der Waals surface area contributed by atoms with Crippen LogP contribution in [-0.2, 0) is 11.3 Å². The molecule has 150 valence electrons. The topological polar surface area (TPSA) is 85.9 Å². The summed E-state index contributed by atoms with van der Waals surface area (Å²) >= 11 is 0. The number of benzene rings is 2. The molecule has 7 nitrogen and oxygen atoms in total. The van der Waals surface area contributed by atoms with Crippen molar-refractivity contribution in [2.24, 2.45) is 0 Å². The van der Waals surface area contributed by atoms with Gasteiger partial charge in [-0.2, -0.15) is 0 Å². The summed E-state index contributed by atoms with van der Waals surface area (Å²) in [5, 5.41) is 5.31. The number of carbonyl (C=O) groups excluding carboxylic acids is 2. The molecule has 2 amide bonds. The number of carbonyl (C=O) groups is 2. The fourth-order valence-electron chi connectivity index (χ4n) is 2.50. The first-order valence-electron chi connectivity index (χ1n) is 8.52. The minimum Gasteiger partial charge on any atom is -0.493 e. The number of ether oxygens (including phenoxy) is 3. The molecule has 0 aliphatic heterocycles. The lowest BCUT2D eigenvalue weighted by atomic mass is 10.1. The van der Waals surface area contributed by atoms with Gasteiger partial charge in [-0.25, -0.2) is 4.39 Å². The van der Waals surface area contributed by atoms with Crippen LogP contribution in [0.2, 0.25) is 0 Å². The molecule has 0 radical (unpaired) electrons. The Hall–Kier alpha value is -3.29. The quantitative estimate of drug-likeness (QED) is 0.722. The smallest absolute Gasteiger partial charge is 0.252 e. The summed E-state index contributed by atoms with van der Waals surface area (Å²) in [6, 6.07) is 8.00. The number of nitrogens with one attached hydrogen (secondary N) is 2. The van der Waals surface area contributed by atoms with Gasteiger partial charge in [0.2, 0.25) is 11.7 Å². The van der Waals surface area contributed by atoms with Crippen LogP contribution in [-0.4, -0.2) is 39.2 Å². The first kappa shape index (κ1) is 21.0. The van der Waals surface area contributed by atoms with E-state index in [4.69, 9.17) is 14.2 Å². The highest BCUT2D eigenvalue weighted by Gasteiger charge is 2.20. The second kappa shape index (κ2) is 9.59. The van der Waals surface area contributed by atoms with Crippen LogP contribution in [0.25, 0.3) is 0 Å². The maximum Gasteiger partial charge on any atom is 0.252 e. The molecule has 0 heterocycles. The van der Waals surface area contributed by atoms with Crippen LogP contribution in [0.4, 0.5) is 4.39 Å². The van der Waals surface area contributed by atoms with Crippen LogP contribution in [0, 0.1) is 5.82 Å². The van der Waals surface area contributed by atoms with Crippen LogP contribution in [0.15, 0.2) is 36.4 Å². The van der Waals surface area contributed by atoms with Crippen molar-refractivity contribution in [2.75, 3.05) is 21.3 Å². The molecule has 0 unspecified atom stereocenters. The second-order valence-corrected chi connectivity index (χ2v) is 5.95. The monoisotopic (exact) mass is 390 g/mol. The van der Waals surface area contributed by atoms with Gasteiger partial charge in [-0.1, -0.05) is 12.1 Å². The molecule has 0 saturated carbocycles. The van der Waals surface area contributed by atoms with E-state index in [9.17, 15) is 14.0 Å². The molecule has 8 heteroatoms. The van der Waals surface area contributed by atoms with Crippen LogP contribution < -0.4 is 24.8 Å². The Kier molecular flexibility index (Phi) is 7.20. The van der Waals surface area contributed by atoms with Crippen LogP contribution in [0.1, 0.15) is 22.8 Å². The van der Waals surface area contributed by atoms with Crippen LogP contribution >= 0.6 is 0 Å². The van der Waals surface area contributed by atoms with Crippen molar-refractivity contribution in [3.05, 3.63) is 53.3 Å². The molecule has 2 aromatic rings. The van der Waals surface area contributed by atoms with Gasteiger partial charge < -0.3 is 24.8 Å². The summed E-state index contributed by atoms with van der Waals surface area (Å²) in [7, 11) is 4.36. The lowest BCUT2D eigenvalue weighted by Gasteiger charge is -2.16. The Morgan fingerprint density at radius 2 is 1.57 bits per heavy atom. The molecule has 1 atom stereocenters. The second-order valence-electron chi connectivity index (χ2n) is 5.95. The Morgan fingerprint density at radius 3 is 2.07 bits per heavy atom. The molecule has 2 rings (SSSR count). The molecule has 2 N–H and O–H groups in total. The number of halogens is 1. The van der Waals surface area contributed by atoms with Gasteiger partial charge in [-0.3, -0.25) is 9.59 Å². The largest absolute Gasteiger partial charge is 0.493 e. The fourth-order valence-corrected chi connectivity index (χ4v) is 2.50. The zero-order valence-corrected chi connectivity index (χ0v) is 16.2. The number of methoxy groups -OCH3 is 3. The molecule has 0 saturated heterocycles. The standard InChI is InChI=1S/C20H23FN2O5/c1-12(19(24)22-11-13-5-7-15(21)8-6-13)23-20(25)14-9-16(26-2)18(28-4)17(10-14)27-3/h5-10,12H,11H2,1-4H3,(H,22,24)(H,23,25)/t12-/m0/s1. The minimum atomic E-state index is -0.785. The number of amides is 2. The molecule has 0 aromatic heterocycles. The van der Waals surface area contributed by atoms with Crippen LogP contribution in [0.5, 0.6) is 17.2 Å². The van der Waals surface area contributed by atoms with E-state index in [0.717, 1.165) is 5.56 Å². The SMILES string of the molecule is COc1cc(C(=O)N[C@@H](C)C(=O)NCc2ccc(F)cc2)cc(OC)c1OC. The Morgan fingerprint density at radius 1 is 1.00 bits per heavy atom. The maximum atomic E-state index is 12.9. The molecule has 0 aliphatic carbocycles. The maximum absolute atomic E-state index is 12.9. The Labute approximate surface area is 162 Å². The third-order valence-electron chi connectivity index (χ3n) is 4.05. The normalized spacial score (nSPS) is 11.3. The van der Waals surface area contributed by atoms with Gasteiger partial charge in [0.05, 0.1) is 21.3 Å².